The third-order valence-electron chi connectivity index (χ3n) is 4.11. The lowest BCUT2D eigenvalue weighted by Gasteiger charge is -2.30. The number of nitrogens with zero attached hydrogens (tertiary/aromatic N) is 1. The van der Waals surface area contributed by atoms with Crippen molar-refractivity contribution in [1.82, 2.24) is 4.90 Å². The fourth-order valence-electron chi connectivity index (χ4n) is 2.82. The van der Waals surface area contributed by atoms with E-state index in [1.807, 2.05) is 6.07 Å². The second-order valence-electron chi connectivity index (χ2n) is 5.96. The van der Waals surface area contributed by atoms with Crippen LogP contribution in [0.1, 0.15) is 28.8 Å². The molecule has 1 saturated heterocycles. The van der Waals surface area contributed by atoms with Gasteiger partial charge in [0.15, 0.2) is 0 Å². The highest BCUT2D eigenvalue weighted by Gasteiger charge is 2.25. The van der Waals surface area contributed by atoms with Gasteiger partial charge in [0, 0.05) is 13.1 Å². The molecular weight excluding hydrogens is 309 g/mol. The van der Waals surface area contributed by atoms with Crippen LogP contribution in [-0.2, 0) is 6.61 Å². The van der Waals surface area contributed by atoms with Gasteiger partial charge in [-0.1, -0.05) is 24.3 Å². The normalized spacial score (nSPS) is 17.6. The third kappa shape index (κ3) is 3.92. The molecule has 0 bridgehead atoms. The van der Waals surface area contributed by atoms with Crippen molar-refractivity contribution in [2.45, 2.75) is 25.6 Å². The first-order chi connectivity index (χ1) is 11.6. The minimum Gasteiger partial charge on any atom is -0.488 e. The number of rotatable bonds is 4. The summed E-state index contributed by atoms with van der Waals surface area (Å²) in [4.78, 5) is 14.4. The summed E-state index contributed by atoms with van der Waals surface area (Å²) in [7, 11) is 0. The van der Waals surface area contributed by atoms with E-state index in [-0.39, 0.29) is 18.3 Å². The Bertz CT molecular complexity index is 702. The van der Waals surface area contributed by atoms with Crippen molar-refractivity contribution in [3.63, 3.8) is 0 Å². The number of hydrogen-bond donors (Lipinski definition) is 1. The van der Waals surface area contributed by atoms with Crippen LogP contribution in [0.4, 0.5) is 4.39 Å². The number of halogens is 1. The number of ether oxygens (including phenoxy) is 1. The van der Waals surface area contributed by atoms with Crippen molar-refractivity contribution in [2.24, 2.45) is 0 Å². The first kappa shape index (κ1) is 16.5. The fourth-order valence-corrected chi connectivity index (χ4v) is 2.82. The molecule has 3 rings (SSSR count). The van der Waals surface area contributed by atoms with E-state index in [4.69, 9.17) is 4.74 Å². The lowest BCUT2D eigenvalue weighted by atomic mass is 10.1. The first-order valence-corrected chi connectivity index (χ1v) is 8.07. The lowest BCUT2D eigenvalue weighted by molar-refractivity contribution is 0.0470. The van der Waals surface area contributed by atoms with Crippen molar-refractivity contribution >= 4 is 5.91 Å². The number of hydrogen-bond acceptors (Lipinski definition) is 3. The summed E-state index contributed by atoms with van der Waals surface area (Å²) in [6.45, 7) is 1.25. The predicted octanol–water partition coefficient (Wildman–Crippen LogP) is 3.00. The molecule has 0 radical (unpaired) electrons. The molecule has 1 aliphatic heterocycles. The summed E-state index contributed by atoms with van der Waals surface area (Å²) in [5, 5.41) is 9.76. The van der Waals surface area contributed by atoms with Crippen molar-refractivity contribution < 1.29 is 19.0 Å². The highest BCUT2D eigenvalue weighted by Crippen LogP contribution is 2.23. The monoisotopic (exact) mass is 329 g/mol. The zero-order valence-corrected chi connectivity index (χ0v) is 13.3. The topological polar surface area (TPSA) is 49.8 Å². The number of likely N-dealkylation sites (tertiary alicyclic amines) is 1. The average Bonchev–Trinajstić information content (AvgIpc) is 2.61. The van der Waals surface area contributed by atoms with Gasteiger partial charge in [-0.25, -0.2) is 4.39 Å². The van der Waals surface area contributed by atoms with Crippen LogP contribution in [0.25, 0.3) is 0 Å². The molecule has 24 heavy (non-hydrogen) atoms. The molecule has 126 valence electrons. The van der Waals surface area contributed by atoms with E-state index in [0.29, 0.717) is 24.4 Å². The molecule has 1 N–H and O–H groups in total. The molecule has 1 atom stereocenters. The largest absolute Gasteiger partial charge is 0.488 e. The minimum absolute atomic E-state index is 0.136. The first-order valence-electron chi connectivity index (χ1n) is 8.07. The second kappa shape index (κ2) is 7.45. The molecule has 1 aliphatic rings. The number of para-hydroxylation sites is 1. The molecule has 4 nitrogen and oxygen atoms in total. The third-order valence-corrected chi connectivity index (χ3v) is 4.11. The van der Waals surface area contributed by atoms with Gasteiger partial charge in [-0.15, -0.1) is 0 Å². The molecule has 5 heteroatoms. The lowest BCUT2D eigenvalue weighted by Crippen LogP contribution is -2.42. The Morgan fingerprint density at radius 2 is 1.96 bits per heavy atom. The molecule has 0 aliphatic carbocycles. The van der Waals surface area contributed by atoms with Gasteiger partial charge < -0.3 is 14.7 Å². The van der Waals surface area contributed by atoms with Crippen molar-refractivity contribution in [3.05, 3.63) is 65.5 Å². The number of carbonyl (C=O) groups is 1. The van der Waals surface area contributed by atoms with Gasteiger partial charge in [0.25, 0.3) is 5.91 Å². The zero-order valence-electron chi connectivity index (χ0n) is 13.3. The SMILES string of the molecule is O=C(c1ccccc1OCc1ccc(F)cc1)N1CCCC(O)C1. The molecular formula is C19H20FNO3. The van der Waals surface area contributed by atoms with Crippen molar-refractivity contribution in [2.75, 3.05) is 13.1 Å². The van der Waals surface area contributed by atoms with Crippen LogP contribution in [0.3, 0.4) is 0 Å². The number of carbonyl (C=O) groups excluding carboxylic acids is 1. The van der Waals surface area contributed by atoms with Crippen LogP contribution in [-0.4, -0.2) is 35.1 Å². The van der Waals surface area contributed by atoms with Crippen molar-refractivity contribution in [1.29, 1.82) is 0 Å². The Balaban J connectivity index is 1.72. The van der Waals surface area contributed by atoms with Crippen LogP contribution < -0.4 is 4.74 Å². The van der Waals surface area contributed by atoms with Gasteiger partial charge in [0.2, 0.25) is 0 Å². The summed E-state index contributed by atoms with van der Waals surface area (Å²) in [5.74, 6) is 0.0633. The molecule has 0 saturated carbocycles. The average molecular weight is 329 g/mol. The quantitative estimate of drug-likeness (QED) is 0.938. The van der Waals surface area contributed by atoms with Gasteiger partial charge in [0.05, 0.1) is 11.7 Å². The summed E-state index contributed by atoms with van der Waals surface area (Å²) in [5.41, 5.74) is 1.31. The Morgan fingerprint density at radius 3 is 2.71 bits per heavy atom. The minimum atomic E-state index is -0.463. The highest BCUT2D eigenvalue weighted by molar-refractivity contribution is 5.97. The van der Waals surface area contributed by atoms with Crippen molar-refractivity contribution in [3.8, 4) is 5.75 Å². The van der Waals surface area contributed by atoms with Crippen LogP contribution in [0.5, 0.6) is 5.75 Å². The molecule has 0 spiro atoms. The maximum absolute atomic E-state index is 12.9. The van der Waals surface area contributed by atoms with E-state index < -0.39 is 6.10 Å². The molecule has 2 aromatic rings. The standard InChI is InChI=1S/C19H20FNO3/c20-15-9-7-14(8-10-15)13-24-18-6-2-1-5-17(18)19(23)21-11-3-4-16(22)12-21/h1-2,5-10,16,22H,3-4,11-13H2. The van der Waals surface area contributed by atoms with Gasteiger partial charge in [-0.3, -0.25) is 4.79 Å². The Hall–Kier alpha value is -2.40. The van der Waals surface area contributed by atoms with Gasteiger partial charge in [-0.05, 0) is 42.7 Å². The maximum atomic E-state index is 12.9. The van der Waals surface area contributed by atoms with Crippen LogP contribution in [0.15, 0.2) is 48.5 Å². The van der Waals surface area contributed by atoms with Crippen LogP contribution in [0, 0.1) is 5.82 Å². The number of aliphatic hydroxyl groups excluding tert-OH is 1. The van der Waals surface area contributed by atoms with E-state index in [2.05, 4.69) is 0 Å². The smallest absolute Gasteiger partial charge is 0.257 e. The predicted molar refractivity (Wildman–Crippen MR) is 88.3 cm³/mol. The highest BCUT2D eigenvalue weighted by atomic mass is 19.1. The molecule has 0 aromatic heterocycles. The molecule has 1 heterocycles. The van der Waals surface area contributed by atoms with E-state index in [9.17, 15) is 14.3 Å². The zero-order chi connectivity index (χ0) is 16.9. The molecule has 1 unspecified atom stereocenters. The van der Waals surface area contributed by atoms with E-state index >= 15 is 0 Å². The second-order valence-corrected chi connectivity index (χ2v) is 5.96. The Labute approximate surface area is 140 Å². The van der Waals surface area contributed by atoms with E-state index in [0.717, 1.165) is 18.4 Å². The summed E-state index contributed by atoms with van der Waals surface area (Å²) in [6, 6.07) is 13.1. The maximum Gasteiger partial charge on any atom is 0.257 e. The van der Waals surface area contributed by atoms with E-state index in [1.54, 1.807) is 35.2 Å². The Morgan fingerprint density at radius 1 is 1.21 bits per heavy atom. The fraction of sp³-hybridized carbons (Fsp3) is 0.316. The van der Waals surface area contributed by atoms with Crippen LogP contribution in [0.2, 0.25) is 0 Å². The van der Waals surface area contributed by atoms with Gasteiger partial charge in [0.1, 0.15) is 18.2 Å². The number of β-amino-alcohol motifs (C(OH)–C–C–N with tert-alkyl or cyclic N) is 1. The summed E-state index contributed by atoms with van der Waals surface area (Å²) < 4.78 is 18.7. The number of aliphatic hydroxyl groups is 1. The molecule has 2 aromatic carbocycles. The van der Waals surface area contributed by atoms with Gasteiger partial charge >= 0.3 is 0 Å². The molecule has 1 fully saturated rings. The van der Waals surface area contributed by atoms with E-state index in [1.165, 1.54) is 12.1 Å². The Kier molecular flexibility index (Phi) is 5.11. The number of benzene rings is 2. The van der Waals surface area contributed by atoms with Gasteiger partial charge in [-0.2, -0.15) is 0 Å². The van der Waals surface area contributed by atoms with Crippen LogP contribution >= 0.6 is 0 Å². The summed E-state index contributed by atoms with van der Waals surface area (Å²) in [6.07, 6.45) is 1.06. The number of piperidine rings is 1. The summed E-state index contributed by atoms with van der Waals surface area (Å²) >= 11 is 0. The number of amides is 1. The molecule has 1 amide bonds.